The van der Waals surface area contributed by atoms with Crippen LogP contribution in [0.2, 0.25) is 0 Å². The minimum Gasteiger partial charge on any atom is -0.457 e. The zero-order chi connectivity index (χ0) is 49.2. The van der Waals surface area contributed by atoms with E-state index in [1.807, 2.05) is 0 Å². The molecule has 1 saturated heterocycles. The van der Waals surface area contributed by atoms with Crippen molar-refractivity contribution in [2.24, 2.45) is 0 Å². The summed E-state index contributed by atoms with van der Waals surface area (Å²) in [7, 11) is 0. The van der Waals surface area contributed by atoms with E-state index in [1.165, 1.54) is 205 Å². The highest BCUT2D eigenvalue weighted by Crippen LogP contribution is 2.23. The molecule has 4 N–H and O–H groups in total. The van der Waals surface area contributed by atoms with Gasteiger partial charge in [-0.15, -0.1) is 0 Å². The molecule has 1 heterocycles. The molecule has 6 unspecified atom stereocenters. The van der Waals surface area contributed by atoms with Gasteiger partial charge in [0.1, 0.15) is 30.5 Å². The predicted molar refractivity (Wildman–Crippen MR) is 284 cm³/mol. The third-order valence-electron chi connectivity index (χ3n) is 13.6. The Hall–Kier alpha value is -1.59. The number of unbranched alkanes of at least 4 members (excludes halogenated alkanes) is 34. The average Bonchev–Trinajstić information content (AvgIpc) is 3.34. The second-order valence-corrected chi connectivity index (χ2v) is 20.1. The van der Waals surface area contributed by atoms with Gasteiger partial charge < -0.3 is 39.4 Å². The van der Waals surface area contributed by atoms with Crippen molar-refractivity contribution in [3.8, 4) is 0 Å². The Morgan fingerprint density at radius 3 is 1.28 bits per heavy atom. The van der Waals surface area contributed by atoms with E-state index in [1.54, 1.807) is 0 Å². The number of carbonyl (C=O) groups excluding carboxylic acids is 1. The molecule has 1 aliphatic rings. The maximum atomic E-state index is 12.9. The lowest BCUT2D eigenvalue weighted by molar-refractivity contribution is -0.305. The van der Waals surface area contributed by atoms with Gasteiger partial charge in [-0.1, -0.05) is 249 Å². The Morgan fingerprint density at radius 2 is 0.853 bits per heavy atom. The van der Waals surface area contributed by atoms with Crippen LogP contribution in [0.5, 0.6) is 0 Å². The molecule has 9 heteroatoms. The fourth-order valence-corrected chi connectivity index (χ4v) is 9.03. The molecule has 0 amide bonds. The molecule has 0 aliphatic carbocycles. The highest BCUT2D eigenvalue weighted by molar-refractivity contribution is 5.69. The largest absolute Gasteiger partial charge is 0.457 e. The number of esters is 1. The van der Waals surface area contributed by atoms with Gasteiger partial charge in [-0.3, -0.25) is 4.79 Å². The number of aliphatic hydroxyl groups is 4. The molecule has 0 spiro atoms. The quantitative estimate of drug-likeness (QED) is 0.0267. The Bertz CT molecular complexity index is 1140. The first kappa shape index (κ1) is 64.4. The fourth-order valence-electron chi connectivity index (χ4n) is 9.03. The first-order valence-corrected chi connectivity index (χ1v) is 29.1. The van der Waals surface area contributed by atoms with Crippen LogP contribution < -0.4 is 0 Å². The normalized spacial score (nSPS) is 19.3. The van der Waals surface area contributed by atoms with Crippen LogP contribution in [0.15, 0.2) is 36.5 Å². The molecule has 0 saturated carbocycles. The number of aliphatic hydroxyl groups excluding tert-OH is 4. The minimum absolute atomic E-state index is 0.111. The average molecular weight is 964 g/mol. The zero-order valence-corrected chi connectivity index (χ0v) is 44.4. The summed E-state index contributed by atoms with van der Waals surface area (Å²) in [5.74, 6) is -0.312. The van der Waals surface area contributed by atoms with Crippen LogP contribution in [-0.4, -0.2) is 89.6 Å². The van der Waals surface area contributed by atoms with E-state index in [2.05, 4.69) is 50.3 Å². The van der Waals surface area contributed by atoms with Crippen LogP contribution >= 0.6 is 0 Å². The molecule has 0 radical (unpaired) electrons. The van der Waals surface area contributed by atoms with Gasteiger partial charge in [0, 0.05) is 13.0 Å². The lowest BCUT2D eigenvalue weighted by atomic mass is 9.99. The van der Waals surface area contributed by atoms with E-state index >= 15 is 0 Å². The molecule has 400 valence electrons. The van der Waals surface area contributed by atoms with Crippen molar-refractivity contribution in [3.05, 3.63) is 36.5 Å². The number of hydrogen-bond donors (Lipinski definition) is 4. The summed E-state index contributed by atoms with van der Waals surface area (Å²) in [4.78, 5) is 12.9. The second-order valence-electron chi connectivity index (χ2n) is 20.1. The van der Waals surface area contributed by atoms with Gasteiger partial charge >= 0.3 is 5.97 Å². The SMILES string of the molecule is CCCCCCC/C=C\C/C=C\C/C=C\CCCCCCCCCCCCC(=O)OC(COCCCCCCCCCCCCCCCCCCCCCC)COC1OC(CO)C(O)C(O)C1O. The number of allylic oxidation sites excluding steroid dienone is 6. The summed E-state index contributed by atoms with van der Waals surface area (Å²) >= 11 is 0. The number of ether oxygens (including phenoxy) is 4. The van der Waals surface area contributed by atoms with E-state index in [0.29, 0.717) is 13.0 Å². The Kier molecular flexibility index (Phi) is 47.7. The first-order chi connectivity index (χ1) is 33.4. The summed E-state index contributed by atoms with van der Waals surface area (Å²) in [5, 5.41) is 40.4. The number of rotatable bonds is 51. The Balaban J connectivity index is 2.15. The standard InChI is InChI=1S/C59H110O9/c1-3-5-7-9-11-13-15-17-19-21-23-25-26-27-28-29-30-32-34-36-38-40-42-44-46-48-55(61)67-53(52-66-59-58(64)57(63)56(62)54(50-60)68-59)51-65-49-47-45-43-41-39-37-35-33-31-24-22-20-18-16-14-12-10-8-6-4-2/h15,17,21,23,26-27,53-54,56-60,62-64H,3-14,16,18-20,22,24-25,28-52H2,1-2H3/b17-15-,23-21-,27-26-. The van der Waals surface area contributed by atoms with Gasteiger partial charge in [0.2, 0.25) is 0 Å². The third-order valence-corrected chi connectivity index (χ3v) is 13.6. The summed E-state index contributed by atoms with van der Waals surface area (Å²) in [5.41, 5.74) is 0. The van der Waals surface area contributed by atoms with E-state index in [4.69, 9.17) is 18.9 Å². The number of carbonyl (C=O) groups is 1. The van der Waals surface area contributed by atoms with Gasteiger partial charge in [-0.2, -0.15) is 0 Å². The molecule has 68 heavy (non-hydrogen) atoms. The van der Waals surface area contributed by atoms with Crippen LogP contribution in [0.3, 0.4) is 0 Å². The molecule has 1 aliphatic heterocycles. The van der Waals surface area contributed by atoms with Crippen LogP contribution in [0.1, 0.15) is 271 Å². The maximum Gasteiger partial charge on any atom is 0.306 e. The van der Waals surface area contributed by atoms with E-state index in [9.17, 15) is 25.2 Å². The molecule has 0 aromatic heterocycles. The van der Waals surface area contributed by atoms with Crippen molar-refractivity contribution in [1.82, 2.24) is 0 Å². The van der Waals surface area contributed by atoms with E-state index in [0.717, 1.165) is 44.9 Å². The van der Waals surface area contributed by atoms with Crippen LogP contribution in [0.25, 0.3) is 0 Å². The van der Waals surface area contributed by atoms with Gasteiger partial charge in [-0.05, 0) is 51.4 Å². The molecular weight excluding hydrogens is 853 g/mol. The van der Waals surface area contributed by atoms with Crippen LogP contribution in [-0.2, 0) is 23.7 Å². The van der Waals surface area contributed by atoms with Gasteiger partial charge in [-0.25, -0.2) is 0 Å². The molecule has 6 atom stereocenters. The fraction of sp³-hybridized carbons (Fsp3) is 0.881. The molecular formula is C59H110O9. The van der Waals surface area contributed by atoms with Crippen molar-refractivity contribution in [3.63, 3.8) is 0 Å². The van der Waals surface area contributed by atoms with E-state index < -0.39 is 43.4 Å². The number of hydrogen-bond acceptors (Lipinski definition) is 9. The minimum atomic E-state index is -1.54. The monoisotopic (exact) mass is 963 g/mol. The summed E-state index contributed by atoms with van der Waals surface area (Å²) in [6.07, 6.45) is 56.2. The second kappa shape index (κ2) is 50.4. The van der Waals surface area contributed by atoms with Crippen molar-refractivity contribution < 1.29 is 44.2 Å². The van der Waals surface area contributed by atoms with Crippen LogP contribution in [0, 0.1) is 0 Å². The third kappa shape index (κ3) is 40.1. The van der Waals surface area contributed by atoms with Gasteiger partial charge in [0.15, 0.2) is 6.29 Å². The summed E-state index contributed by atoms with van der Waals surface area (Å²) in [6.45, 7) is 4.60. The molecule has 0 aromatic rings. The first-order valence-electron chi connectivity index (χ1n) is 29.1. The Morgan fingerprint density at radius 1 is 0.471 bits per heavy atom. The lowest BCUT2D eigenvalue weighted by Gasteiger charge is -2.39. The van der Waals surface area contributed by atoms with Gasteiger partial charge in [0.05, 0.1) is 19.8 Å². The molecule has 0 bridgehead atoms. The summed E-state index contributed by atoms with van der Waals surface area (Å²) in [6, 6.07) is 0. The van der Waals surface area contributed by atoms with Crippen molar-refractivity contribution in [2.45, 2.75) is 307 Å². The summed E-state index contributed by atoms with van der Waals surface area (Å²) < 4.78 is 23.0. The zero-order valence-electron chi connectivity index (χ0n) is 44.4. The highest BCUT2D eigenvalue weighted by atomic mass is 16.7. The van der Waals surface area contributed by atoms with Crippen molar-refractivity contribution in [2.75, 3.05) is 26.4 Å². The lowest BCUT2D eigenvalue weighted by Crippen LogP contribution is -2.59. The molecule has 1 fully saturated rings. The van der Waals surface area contributed by atoms with Crippen LogP contribution in [0.4, 0.5) is 0 Å². The Labute approximate surface area is 419 Å². The maximum absolute atomic E-state index is 12.9. The molecule has 9 nitrogen and oxygen atoms in total. The topological polar surface area (TPSA) is 135 Å². The molecule has 0 aromatic carbocycles. The van der Waals surface area contributed by atoms with Gasteiger partial charge in [0.25, 0.3) is 0 Å². The predicted octanol–water partition coefficient (Wildman–Crippen LogP) is 15.0. The van der Waals surface area contributed by atoms with E-state index in [-0.39, 0.29) is 19.2 Å². The highest BCUT2D eigenvalue weighted by Gasteiger charge is 2.44. The smallest absolute Gasteiger partial charge is 0.306 e. The molecule has 1 rings (SSSR count). The van der Waals surface area contributed by atoms with Crippen molar-refractivity contribution in [1.29, 1.82) is 0 Å². The van der Waals surface area contributed by atoms with Crippen molar-refractivity contribution >= 4 is 5.97 Å².